The van der Waals surface area contributed by atoms with Crippen LogP contribution in [0.4, 0.5) is 4.39 Å². The zero-order valence-corrected chi connectivity index (χ0v) is 13.1. The number of sulfonamides is 1. The molecule has 0 unspecified atom stereocenters. The Balaban J connectivity index is 2.65. The Labute approximate surface area is 131 Å². The molecular weight excluding hydrogens is 344 g/mol. The molecule has 6 nitrogen and oxygen atoms in total. The van der Waals surface area contributed by atoms with E-state index in [9.17, 15) is 12.8 Å². The molecule has 0 saturated carbocycles. The Kier molecular flexibility index (Phi) is 6.66. The summed E-state index contributed by atoms with van der Waals surface area (Å²) in [5.74, 6) is -0.909. The van der Waals surface area contributed by atoms with Crippen LogP contribution < -0.4 is 10.5 Å². The van der Waals surface area contributed by atoms with Crippen LogP contribution in [0.15, 0.2) is 22.2 Å². The highest BCUT2D eigenvalue weighted by Crippen LogP contribution is 2.29. The third-order valence-corrected chi connectivity index (χ3v) is 4.85. The molecule has 10 heteroatoms. The predicted molar refractivity (Wildman–Crippen MR) is 78.9 cm³/mol. The van der Waals surface area contributed by atoms with Crippen LogP contribution in [0.3, 0.4) is 0 Å². The van der Waals surface area contributed by atoms with Crippen LogP contribution in [0.1, 0.15) is 19.3 Å². The maximum Gasteiger partial charge on any atom is 0.242 e. The van der Waals surface area contributed by atoms with Gasteiger partial charge in [-0.1, -0.05) is 28.4 Å². The number of hydrogen-bond donors (Lipinski definition) is 3. The summed E-state index contributed by atoms with van der Waals surface area (Å²) in [7, 11) is -3.93. The van der Waals surface area contributed by atoms with E-state index in [1.165, 1.54) is 0 Å². The number of benzene rings is 1. The second-order valence-corrected chi connectivity index (χ2v) is 6.64. The highest BCUT2D eigenvalue weighted by molar-refractivity contribution is 7.89. The predicted octanol–water partition coefficient (Wildman–Crippen LogP) is 2.33. The van der Waals surface area contributed by atoms with Gasteiger partial charge in [-0.25, -0.2) is 17.5 Å². The van der Waals surface area contributed by atoms with E-state index in [4.69, 9.17) is 34.1 Å². The number of amidine groups is 1. The van der Waals surface area contributed by atoms with Crippen molar-refractivity contribution in [1.82, 2.24) is 4.72 Å². The van der Waals surface area contributed by atoms with E-state index in [1.54, 1.807) is 0 Å². The van der Waals surface area contributed by atoms with Crippen molar-refractivity contribution in [3.05, 3.63) is 28.0 Å². The topological polar surface area (TPSA) is 105 Å². The molecule has 0 atom stereocenters. The second kappa shape index (κ2) is 7.79. The van der Waals surface area contributed by atoms with Crippen LogP contribution in [0.25, 0.3) is 0 Å². The molecule has 21 heavy (non-hydrogen) atoms. The molecule has 0 bridgehead atoms. The summed E-state index contributed by atoms with van der Waals surface area (Å²) in [5.41, 5.74) is 5.27. The van der Waals surface area contributed by atoms with Crippen molar-refractivity contribution in [1.29, 1.82) is 0 Å². The molecule has 118 valence electrons. The third-order valence-electron chi connectivity index (χ3n) is 2.57. The van der Waals surface area contributed by atoms with E-state index in [2.05, 4.69) is 9.88 Å². The number of nitrogens with zero attached hydrogens (tertiary/aromatic N) is 1. The van der Waals surface area contributed by atoms with Gasteiger partial charge in [-0.2, -0.15) is 0 Å². The molecule has 0 aliphatic rings. The van der Waals surface area contributed by atoms with E-state index in [0.29, 0.717) is 19.3 Å². The van der Waals surface area contributed by atoms with Crippen LogP contribution in [-0.4, -0.2) is 26.0 Å². The summed E-state index contributed by atoms with van der Waals surface area (Å²) in [4.78, 5) is -0.373. The van der Waals surface area contributed by atoms with E-state index in [0.717, 1.165) is 12.1 Å². The minimum absolute atomic E-state index is 0.0701. The molecule has 0 saturated heterocycles. The minimum Gasteiger partial charge on any atom is -0.409 e. The fourth-order valence-corrected chi connectivity index (χ4v) is 3.30. The number of nitrogens with two attached hydrogens (primary N) is 1. The van der Waals surface area contributed by atoms with Crippen LogP contribution in [0.5, 0.6) is 0 Å². The second-order valence-electron chi connectivity index (χ2n) is 4.12. The van der Waals surface area contributed by atoms with Gasteiger partial charge in [0.2, 0.25) is 10.0 Å². The van der Waals surface area contributed by atoms with Crippen molar-refractivity contribution < 1.29 is 18.0 Å². The zero-order chi connectivity index (χ0) is 16.0. The highest BCUT2D eigenvalue weighted by atomic mass is 35.5. The quantitative estimate of drug-likeness (QED) is 0.174. The van der Waals surface area contributed by atoms with Crippen molar-refractivity contribution in [2.45, 2.75) is 24.2 Å². The monoisotopic (exact) mass is 357 g/mol. The number of rotatable bonds is 7. The van der Waals surface area contributed by atoms with Gasteiger partial charge in [0.25, 0.3) is 0 Å². The van der Waals surface area contributed by atoms with Gasteiger partial charge in [0, 0.05) is 13.0 Å². The number of halogens is 3. The first-order chi connectivity index (χ1) is 9.79. The lowest BCUT2D eigenvalue weighted by atomic mass is 10.2. The van der Waals surface area contributed by atoms with Crippen LogP contribution in [-0.2, 0) is 10.0 Å². The number of hydrogen-bond acceptors (Lipinski definition) is 4. The van der Waals surface area contributed by atoms with Gasteiger partial charge >= 0.3 is 0 Å². The Morgan fingerprint density at radius 2 is 2.05 bits per heavy atom. The van der Waals surface area contributed by atoms with Crippen molar-refractivity contribution in [3.8, 4) is 0 Å². The van der Waals surface area contributed by atoms with Gasteiger partial charge in [0.05, 0.1) is 10.0 Å². The molecule has 0 aliphatic carbocycles. The average molecular weight is 358 g/mol. The smallest absolute Gasteiger partial charge is 0.242 e. The van der Waals surface area contributed by atoms with E-state index >= 15 is 0 Å². The summed E-state index contributed by atoms with van der Waals surface area (Å²) >= 11 is 11.2. The van der Waals surface area contributed by atoms with Gasteiger partial charge in [-0.15, -0.1) is 0 Å². The summed E-state index contributed by atoms with van der Waals surface area (Å²) < 4.78 is 39.7. The molecule has 0 aliphatic heterocycles. The summed E-state index contributed by atoms with van der Waals surface area (Å²) in [6.07, 6.45) is 1.33. The molecule has 1 aromatic rings. The Hall–Kier alpha value is -1.09. The lowest BCUT2D eigenvalue weighted by Gasteiger charge is -2.09. The standard InChI is InChI=1S/C11H14Cl2FN3O3S/c12-7-4-5-8(10(13)11(7)14)21(19,20)16-6-2-1-3-9(15)17-18/h4-5,16,18H,1-3,6H2,(H2,15,17). The van der Waals surface area contributed by atoms with Crippen molar-refractivity contribution in [2.24, 2.45) is 10.9 Å². The average Bonchev–Trinajstić information content (AvgIpc) is 2.43. The molecule has 0 aromatic heterocycles. The molecule has 1 aromatic carbocycles. The molecule has 0 amide bonds. The number of unbranched alkanes of at least 4 members (excludes halogenated alkanes) is 1. The Bertz CT molecular complexity index is 638. The molecule has 1 rings (SSSR count). The largest absolute Gasteiger partial charge is 0.409 e. The molecule has 0 radical (unpaired) electrons. The molecule has 0 spiro atoms. The van der Waals surface area contributed by atoms with E-state index < -0.39 is 20.9 Å². The number of nitrogens with one attached hydrogen (secondary N) is 1. The lowest BCUT2D eigenvalue weighted by molar-refractivity contribution is 0.316. The SMILES string of the molecule is N/C(CCCCNS(=O)(=O)c1ccc(Cl)c(F)c1Cl)=N/O. The first-order valence-corrected chi connectivity index (χ1v) is 8.13. The van der Waals surface area contributed by atoms with Crippen molar-refractivity contribution in [3.63, 3.8) is 0 Å². The first-order valence-electron chi connectivity index (χ1n) is 5.89. The first kappa shape index (κ1) is 18.0. The van der Waals surface area contributed by atoms with Gasteiger partial charge in [0.1, 0.15) is 10.7 Å². The number of oxime groups is 1. The summed E-state index contributed by atoms with van der Waals surface area (Å²) in [5, 5.41) is 10.3. The van der Waals surface area contributed by atoms with Gasteiger partial charge in [-0.3, -0.25) is 0 Å². The molecular formula is C11H14Cl2FN3O3S. The van der Waals surface area contributed by atoms with Crippen LogP contribution in [0, 0.1) is 5.82 Å². The van der Waals surface area contributed by atoms with Gasteiger partial charge < -0.3 is 10.9 Å². The Morgan fingerprint density at radius 3 is 2.67 bits per heavy atom. The molecule has 0 fully saturated rings. The van der Waals surface area contributed by atoms with E-state index in [1.807, 2.05) is 0 Å². The fraction of sp³-hybridized carbons (Fsp3) is 0.364. The summed E-state index contributed by atoms with van der Waals surface area (Å²) in [6.45, 7) is 0.113. The van der Waals surface area contributed by atoms with Crippen molar-refractivity contribution >= 4 is 39.1 Å². The zero-order valence-electron chi connectivity index (χ0n) is 10.8. The van der Waals surface area contributed by atoms with Crippen LogP contribution >= 0.6 is 23.2 Å². The highest BCUT2D eigenvalue weighted by Gasteiger charge is 2.21. The molecule has 0 heterocycles. The third kappa shape index (κ3) is 4.99. The van der Waals surface area contributed by atoms with Crippen molar-refractivity contribution in [2.75, 3.05) is 6.54 Å². The fourth-order valence-electron chi connectivity index (χ4n) is 1.48. The maximum absolute atomic E-state index is 13.5. The Morgan fingerprint density at radius 1 is 1.38 bits per heavy atom. The van der Waals surface area contributed by atoms with Crippen LogP contribution in [0.2, 0.25) is 10.0 Å². The normalized spacial score (nSPS) is 12.6. The van der Waals surface area contributed by atoms with Gasteiger partial charge in [0.15, 0.2) is 5.82 Å². The maximum atomic E-state index is 13.5. The van der Waals surface area contributed by atoms with E-state index in [-0.39, 0.29) is 22.3 Å². The molecule has 4 N–H and O–H groups in total. The minimum atomic E-state index is -3.93. The lowest BCUT2D eigenvalue weighted by Crippen LogP contribution is -2.25. The summed E-state index contributed by atoms with van der Waals surface area (Å²) in [6, 6.07) is 2.25. The van der Waals surface area contributed by atoms with Gasteiger partial charge in [-0.05, 0) is 25.0 Å².